The van der Waals surface area contributed by atoms with Crippen LogP contribution in [0.1, 0.15) is 31.7 Å². The fourth-order valence-corrected chi connectivity index (χ4v) is 3.13. The molecule has 4 heterocycles. The monoisotopic (exact) mass is 403 g/mol. The van der Waals surface area contributed by atoms with E-state index in [-0.39, 0.29) is 0 Å². The minimum absolute atomic E-state index is 0.382. The van der Waals surface area contributed by atoms with E-state index in [1.807, 2.05) is 47.5 Å². The molecule has 0 unspecified atom stereocenters. The summed E-state index contributed by atoms with van der Waals surface area (Å²) in [6.45, 7) is 5.79. The lowest BCUT2D eigenvalue weighted by Crippen LogP contribution is -2.01. The van der Waals surface area contributed by atoms with Gasteiger partial charge in [-0.15, -0.1) is 5.10 Å². The summed E-state index contributed by atoms with van der Waals surface area (Å²) in [6.07, 6.45) is 8.43. The Bertz CT molecular complexity index is 1140. The van der Waals surface area contributed by atoms with Crippen LogP contribution < -0.4 is 5.32 Å². The third-order valence-electron chi connectivity index (χ3n) is 4.84. The SMILES string of the molecule is COCCCn1cc(-c2cnc3ccc(Nc4cc(C(C)C)cnn4)nc3c2)cn1. The molecule has 0 aliphatic rings. The van der Waals surface area contributed by atoms with Crippen molar-refractivity contribution in [2.24, 2.45) is 0 Å². The van der Waals surface area contributed by atoms with Gasteiger partial charge in [0.05, 0.1) is 23.4 Å². The number of pyridine rings is 2. The Morgan fingerprint density at radius 3 is 2.77 bits per heavy atom. The topological polar surface area (TPSA) is 90.6 Å². The number of methoxy groups -OCH3 is 1. The second-order valence-corrected chi connectivity index (χ2v) is 7.45. The van der Waals surface area contributed by atoms with Crippen LogP contribution in [0.15, 0.2) is 49.1 Å². The molecule has 4 aromatic rings. The average Bonchev–Trinajstić information content (AvgIpc) is 3.22. The molecule has 0 fully saturated rings. The first-order chi connectivity index (χ1) is 14.6. The molecule has 4 rings (SSSR count). The number of hydrogen-bond acceptors (Lipinski definition) is 7. The van der Waals surface area contributed by atoms with Crippen LogP contribution >= 0.6 is 0 Å². The molecule has 0 aliphatic heterocycles. The standard InChI is InChI=1S/C22H25N7O/c1-15(2)16-10-22(28-24-12-16)27-21-6-5-19-20(26-21)9-17(11-23-19)18-13-25-29(14-18)7-4-8-30-3/h5-6,9-15H,4,7-8H2,1-3H3,(H,26,27,28). The molecule has 8 nitrogen and oxygen atoms in total. The largest absolute Gasteiger partial charge is 0.385 e. The molecule has 0 atom stereocenters. The predicted molar refractivity (Wildman–Crippen MR) is 117 cm³/mol. The molecule has 1 N–H and O–H groups in total. The Hall–Kier alpha value is -3.39. The van der Waals surface area contributed by atoms with Crippen molar-refractivity contribution in [3.8, 4) is 11.1 Å². The van der Waals surface area contributed by atoms with Crippen LogP contribution in [0.2, 0.25) is 0 Å². The van der Waals surface area contributed by atoms with Crippen molar-refractivity contribution < 1.29 is 4.74 Å². The zero-order valence-electron chi connectivity index (χ0n) is 17.4. The third-order valence-corrected chi connectivity index (χ3v) is 4.84. The molecule has 0 radical (unpaired) electrons. The summed E-state index contributed by atoms with van der Waals surface area (Å²) in [5.41, 5.74) is 4.75. The van der Waals surface area contributed by atoms with Gasteiger partial charge >= 0.3 is 0 Å². The van der Waals surface area contributed by atoms with Crippen molar-refractivity contribution in [3.05, 3.63) is 54.6 Å². The van der Waals surface area contributed by atoms with Crippen LogP contribution in [0.5, 0.6) is 0 Å². The van der Waals surface area contributed by atoms with E-state index < -0.39 is 0 Å². The number of hydrogen-bond donors (Lipinski definition) is 1. The van der Waals surface area contributed by atoms with Gasteiger partial charge in [-0.3, -0.25) is 9.67 Å². The lowest BCUT2D eigenvalue weighted by atomic mass is 10.1. The molecule has 0 aliphatic carbocycles. The normalized spacial score (nSPS) is 11.3. The average molecular weight is 403 g/mol. The highest BCUT2D eigenvalue weighted by Gasteiger charge is 2.08. The number of ether oxygens (including phenoxy) is 1. The van der Waals surface area contributed by atoms with E-state index in [0.29, 0.717) is 17.6 Å². The Balaban J connectivity index is 1.56. The molecular formula is C22H25N7O. The predicted octanol–water partition coefficient (Wildman–Crippen LogP) is 4.19. The zero-order valence-corrected chi connectivity index (χ0v) is 17.4. The van der Waals surface area contributed by atoms with E-state index >= 15 is 0 Å². The molecule has 0 aromatic carbocycles. The maximum atomic E-state index is 5.10. The van der Waals surface area contributed by atoms with E-state index in [1.54, 1.807) is 13.3 Å². The van der Waals surface area contributed by atoms with Crippen molar-refractivity contribution in [1.82, 2.24) is 29.9 Å². The summed E-state index contributed by atoms with van der Waals surface area (Å²) >= 11 is 0. The van der Waals surface area contributed by atoms with E-state index in [9.17, 15) is 0 Å². The highest BCUT2D eigenvalue weighted by molar-refractivity contribution is 5.81. The molecule has 154 valence electrons. The van der Waals surface area contributed by atoms with Gasteiger partial charge < -0.3 is 10.1 Å². The van der Waals surface area contributed by atoms with Gasteiger partial charge in [-0.05, 0) is 42.2 Å². The lowest BCUT2D eigenvalue weighted by molar-refractivity contribution is 0.189. The van der Waals surface area contributed by atoms with Crippen molar-refractivity contribution >= 4 is 22.7 Å². The van der Waals surface area contributed by atoms with Gasteiger partial charge in [0.25, 0.3) is 0 Å². The first-order valence-corrected chi connectivity index (χ1v) is 10.0. The summed E-state index contributed by atoms with van der Waals surface area (Å²) < 4.78 is 7.02. The van der Waals surface area contributed by atoms with Gasteiger partial charge in [-0.1, -0.05) is 13.8 Å². The summed E-state index contributed by atoms with van der Waals surface area (Å²) in [6, 6.07) is 7.87. The Kier molecular flexibility index (Phi) is 5.94. The fourth-order valence-electron chi connectivity index (χ4n) is 3.13. The van der Waals surface area contributed by atoms with Crippen LogP contribution in [0.3, 0.4) is 0 Å². The molecule has 0 bridgehead atoms. The summed E-state index contributed by atoms with van der Waals surface area (Å²) in [5, 5.41) is 15.9. The molecule has 4 aromatic heterocycles. The van der Waals surface area contributed by atoms with Gasteiger partial charge in [0.15, 0.2) is 5.82 Å². The van der Waals surface area contributed by atoms with Gasteiger partial charge in [0, 0.05) is 43.8 Å². The van der Waals surface area contributed by atoms with E-state index in [2.05, 4.69) is 39.4 Å². The van der Waals surface area contributed by atoms with Gasteiger partial charge in [-0.2, -0.15) is 10.2 Å². The van der Waals surface area contributed by atoms with Gasteiger partial charge in [0.1, 0.15) is 5.82 Å². The second-order valence-electron chi connectivity index (χ2n) is 7.45. The quantitative estimate of drug-likeness (QED) is 0.441. The molecule has 0 amide bonds. The van der Waals surface area contributed by atoms with E-state index in [1.165, 1.54) is 0 Å². The molecule has 0 saturated carbocycles. The number of aryl methyl sites for hydroxylation is 1. The number of rotatable bonds is 8. The zero-order chi connectivity index (χ0) is 20.9. The van der Waals surface area contributed by atoms with E-state index in [0.717, 1.165) is 47.3 Å². The maximum Gasteiger partial charge on any atom is 0.154 e. The summed E-state index contributed by atoms with van der Waals surface area (Å²) in [5.74, 6) is 1.76. The first kappa shape index (κ1) is 19.9. The van der Waals surface area contributed by atoms with Crippen LogP contribution in [0, 0.1) is 0 Å². The highest BCUT2D eigenvalue weighted by atomic mass is 16.5. The lowest BCUT2D eigenvalue weighted by Gasteiger charge is -2.09. The van der Waals surface area contributed by atoms with E-state index in [4.69, 9.17) is 9.72 Å². The molecule has 30 heavy (non-hydrogen) atoms. The number of nitrogens with one attached hydrogen (secondary N) is 1. The molecule has 8 heteroatoms. The molecule has 0 spiro atoms. The van der Waals surface area contributed by atoms with Crippen LogP contribution in [-0.2, 0) is 11.3 Å². The minimum Gasteiger partial charge on any atom is -0.385 e. The highest BCUT2D eigenvalue weighted by Crippen LogP contribution is 2.24. The second kappa shape index (κ2) is 8.96. The molecule has 0 saturated heterocycles. The van der Waals surface area contributed by atoms with Crippen molar-refractivity contribution in [2.75, 3.05) is 19.0 Å². The van der Waals surface area contributed by atoms with Crippen LogP contribution in [-0.4, -0.2) is 43.7 Å². The number of anilines is 2. The molecular weight excluding hydrogens is 378 g/mol. The maximum absolute atomic E-state index is 5.10. The third kappa shape index (κ3) is 4.60. The number of aromatic nitrogens is 6. The fraction of sp³-hybridized carbons (Fsp3) is 0.318. The van der Waals surface area contributed by atoms with Gasteiger partial charge in [-0.25, -0.2) is 4.98 Å². The van der Waals surface area contributed by atoms with Gasteiger partial charge in [0.2, 0.25) is 0 Å². The van der Waals surface area contributed by atoms with Crippen LogP contribution in [0.25, 0.3) is 22.2 Å². The van der Waals surface area contributed by atoms with Crippen molar-refractivity contribution in [2.45, 2.75) is 32.7 Å². The number of nitrogens with zero attached hydrogens (tertiary/aromatic N) is 6. The summed E-state index contributed by atoms with van der Waals surface area (Å²) in [4.78, 5) is 9.27. The Labute approximate surface area is 175 Å². The Morgan fingerprint density at radius 2 is 1.93 bits per heavy atom. The summed E-state index contributed by atoms with van der Waals surface area (Å²) in [7, 11) is 1.71. The minimum atomic E-state index is 0.382. The first-order valence-electron chi connectivity index (χ1n) is 10.0. The van der Waals surface area contributed by atoms with Crippen molar-refractivity contribution in [1.29, 1.82) is 0 Å². The van der Waals surface area contributed by atoms with Crippen molar-refractivity contribution in [3.63, 3.8) is 0 Å². The number of fused-ring (bicyclic) bond motifs is 1. The van der Waals surface area contributed by atoms with Crippen LogP contribution in [0.4, 0.5) is 11.6 Å². The smallest absolute Gasteiger partial charge is 0.154 e. The Morgan fingerprint density at radius 1 is 1.03 bits per heavy atom.